The summed E-state index contributed by atoms with van der Waals surface area (Å²) in [5.41, 5.74) is -2.97. The zero-order valence-corrected chi connectivity index (χ0v) is 24.7. The van der Waals surface area contributed by atoms with E-state index in [4.69, 9.17) is 14.2 Å². The van der Waals surface area contributed by atoms with Crippen LogP contribution in [0.4, 0.5) is 0 Å². The monoisotopic (exact) mass is 562 g/mol. The average Bonchev–Trinajstić information content (AvgIpc) is 3.05. The van der Waals surface area contributed by atoms with Crippen LogP contribution in [0.5, 0.6) is 17.2 Å². The van der Waals surface area contributed by atoms with Gasteiger partial charge in [-0.1, -0.05) is 19.1 Å². The van der Waals surface area contributed by atoms with Gasteiger partial charge in [0.15, 0.2) is 22.8 Å². The Bertz CT molecular complexity index is 1500. The minimum atomic E-state index is -1.53. The minimum absolute atomic E-state index is 0.0575. The smallest absolute Gasteiger partial charge is 0.200 e. The molecule has 0 aromatic heterocycles. The van der Waals surface area contributed by atoms with Crippen molar-refractivity contribution in [1.29, 1.82) is 0 Å². The van der Waals surface area contributed by atoms with Crippen LogP contribution in [0.15, 0.2) is 35.1 Å². The molecule has 5 unspecified atom stereocenters. The number of rotatable bonds is 6. The van der Waals surface area contributed by atoms with Gasteiger partial charge in [0, 0.05) is 41.4 Å². The zero-order chi connectivity index (χ0) is 29.9. The van der Waals surface area contributed by atoms with E-state index < -0.39 is 28.3 Å². The van der Waals surface area contributed by atoms with Crippen LogP contribution in [0.2, 0.25) is 0 Å². The molecule has 1 aromatic rings. The number of ether oxygens (including phenoxy) is 3. The lowest BCUT2D eigenvalue weighted by atomic mass is 9.51. The van der Waals surface area contributed by atoms with Crippen LogP contribution in [-0.4, -0.2) is 50.5 Å². The molecule has 2 N–H and O–H groups in total. The second-order valence-electron chi connectivity index (χ2n) is 13.5. The van der Waals surface area contributed by atoms with Gasteiger partial charge in [-0.3, -0.25) is 14.4 Å². The van der Waals surface area contributed by atoms with E-state index in [0.29, 0.717) is 53.0 Å². The highest BCUT2D eigenvalue weighted by molar-refractivity contribution is 6.18. The van der Waals surface area contributed by atoms with Crippen molar-refractivity contribution >= 4 is 17.9 Å². The molecule has 0 radical (unpaired) electrons. The van der Waals surface area contributed by atoms with Gasteiger partial charge in [0.2, 0.25) is 0 Å². The predicted octanol–water partition coefficient (Wildman–Crippen LogP) is 4.72. The zero-order valence-electron chi connectivity index (χ0n) is 24.7. The second kappa shape index (κ2) is 8.65. The highest BCUT2D eigenvalue weighted by Crippen LogP contribution is 2.68. The maximum absolute atomic E-state index is 14.6. The number of allylic oxidation sites excluding steroid dienone is 4. The number of aromatic hydroxyl groups is 1. The molecule has 8 nitrogen and oxygen atoms in total. The number of hydrogen-bond acceptors (Lipinski definition) is 8. The van der Waals surface area contributed by atoms with E-state index in [2.05, 4.69) is 0 Å². The normalized spacial score (nSPS) is 31.8. The summed E-state index contributed by atoms with van der Waals surface area (Å²) >= 11 is 0. The third-order valence-corrected chi connectivity index (χ3v) is 10.1. The molecule has 1 saturated carbocycles. The van der Waals surface area contributed by atoms with E-state index in [-0.39, 0.29) is 46.9 Å². The number of fused-ring (bicyclic) bond motifs is 2. The van der Waals surface area contributed by atoms with Gasteiger partial charge in [0.1, 0.15) is 29.1 Å². The molecule has 3 aliphatic carbocycles. The Balaban J connectivity index is 1.65. The fourth-order valence-corrected chi connectivity index (χ4v) is 7.61. The Hall–Kier alpha value is -3.23. The summed E-state index contributed by atoms with van der Waals surface area (Å²) in [4.78, 5) is 40.2. The topological polar surface area (TPSA) is 119 Å². The number of carbonyl (C=O) groups excluding carboxylic acids is 3. The van der Waals surface area contributed by atoms with Crippen molar-refractivity contribution in [2.75, 3.05) is 0 Å². The molecule has 1 saturated heterocycles. The molecule has 1 spiro atoms. The third-order valence-electron chi connectivity index (χ3n) is 10.1. The van der Waals surface area contributed by atoms with Crippen molar-refractivity contribution in [2.24, 2.45) is 17.8 Å². The van der Waals surface area contributed by atoms with Gasteiger partial charge < -0.3 is 24.4 Å². The summed E-state index contributed by atoms with van der Waals surface area (Å²) in [6.45, 7) is 12.7. The average molecular weight is 563 g/mol. The SMILES string of the molecule is CC(C=O)=CCC12OC(C)(C)C3CC(C=C4C(=O)c5c(O)c6c(c(CC(C)C(C)(C)O)c5OC431)OC(C)=CC6)C2=O. The van der Waals surface area contributed by atoms with E-state index in [9.17, 15) is 24.6 Å². The molecule has 8 heteroatoms. The summed E-state index contributed by atoms with van der Waals surface area (Å²) in [7, 11) is 0. The third kappa shape index (κ3) is 3.56. The molecule has 41 heavy (non-hydrogen) atoms. The molecule has 3 heterocycles. The lowest BCUT2D eigenvalue weighted by molar-refractivity contribution is -0.171. The largest absolute Gasteiger partial charge is 0.507 e. The first-order valence-electron chi connectivity index (χ1n) is 14.4. The molecule has 0 amide bonds. The van der Waals surface area contributed by atoms with Crippen LogP contribution >= 0.6 is 0 Å². The van der Waals surface area contributed by atoms with Gasteiger partial charge in [-0.15, -0.1) is 0 Å². The van der Waals surface area contributed by atoms with Crippen LogP contribution in [-0.2, 0) is 27.2 Å². The van der Waals surface area contributed by atoms with Crippen LogP contribution in [0, 0.1) is 17.8 Å². The molecule has 218 valence electrons. The highest BCUT2D eigenvalue weighted by atomic mass is 16.6. The first-order valence-corrected chi connectivity index (χ1v) is 14.4. The summed E-state index contributed by atoms with van der Waals surface area (Å²) in [6, 6.07) is 0. The van der Waals surface area contributed by atoms with Gasteiger partial charge in [0.05, 0.1) is 17.0 Å². The van der Waals surface area contributed by atoms with E-state index >= 15 is 0 Å². The number of hydrogen-bond donors (Lipinski definition) is 2. The number of ketones is 2. The fraction of sp³-hybridized carbons (Fsp3) is 0.545. The van der Waals surface area contributed by atoms with E-state index in [1.807, 2.05) is 33.8 Å². The molecular weight excluding hydrogens is 524 g/mol. The molecule has 1 aromatic carbocycles. The van der Waals surface area contributed by atoms with E-state index in [1.54, 1.807) is 32.9 Å². The van der Waals surface area contributed by atoms with Gasteiger partial charge >= 0.3 is 0 Å². The van der Waals surface area contributed by atoms with Crippen molar-refractivity contribution in [3.8, 4) is 17.2 Å². The number of aliphatic hydroxyl groups is 1. The lowest BCUT2D eigenvalue weighted by Gasteiger charge is -2.56. The van der Waals surface area contributed by atoms with Crippen molar-refractivity contribution in [3.63, 3.8) is 0 Å². The number of phenolic OH excluding ortho intramolecular Hbond substituents is 1. The molecule has 7 rings (SSSR count). The summed E-state index contributed by atoms with van der Waals surface area (Å²) in [6.07, 6.45) is 7.16. The maximum atomic E-state index is 14.6. The predicted molar refractivity (Wildman–Crippen MR) is 150 cm³/mol. The Morgan fingerprint density at radius 1 is 1.24 bits per heavy atom. The molecule has 3 aliphatic heterocycles. The number of phenols is 1. The van der Waals surface area contributed by atoms with Crippen LogP contribution in [0.1, 0.15) is 82.8 Å². The quantitative estimate of drug-likeness (QED) is 0.378. The standard InChI is InChI=1S/C33H38O8/c1-16(15-34)10-11-32-29(37)19-13-22-26(36)24-25(35)20-9-8-18(3)39-27(20)21(12-17(2)30(4,5)38)28(24)40-33(22,32)23(14-19)31(6,7)41-32/h8,10,13,15,17,19,23,35,38H,9,11-12,14H2,1-7H3. The number of aldehydes is 1. The van der Waals surface area contributed by atoms with Crippen LogP contribution < -0.4 is 9.47 Å². The van der Waals surface area contributed by atoms with Crippen molar-refractivity contribution < 1.29 is 38.8 Å². The molecule has 4 bridgehead atoms. The molecule has 2 fully saturated rings. The summed E-state index contributed by atoms with van der Waals surface area (Å²) in [5.74, 6) is -0.664. The van der Waals surface area contributed by atoms with Crippen LogP contribution in [0.25, 0.3) is 0 Å². The second-order valence-corrected chi connectivity index (χ2v) is 13.5. The Morgan fingerprint density at radius 3 is 2.61 bits per heavy atom. The van der Waals surface area contributed by atoms with E-state index in [0.717, 1.165) is 6.29 Å². The molecule has 6 aliphatic rings. The first kappa shape index (κ1) is 27.9. The minimum Gasteiger partial charge on any atom is -0.507 e. The van der Waals surface area contributed by atoms with Gasteiger partial charge in [-0.05, 0) is 72.0 Å². The van der Waals surface area contributed by atoms with Gasteiger partial charge in [-0.25, -0.2) is 0 Å². The van der Waals surface area contributed by atoms with Crippen molar-refractivity contribution in [3.05, 3.63) is 51.8 Å². The Labute approximate surface area is 240 Å². The molecular formula is C33H38O8. The van der Waals surface area contributed by atoms with Gasteiger partial charge in [0.25, 0.3) is 0 Å². The maximum Gasteiger partial charge on any atom is 0.200 e. The Kier molecular flexibility index (Phi) is 5.89. The first-order chi connectivity index (χ1) is 19.1. The Morgan fingerprint density at radius 2 is 1.95 bits per heavy atom. The van der Waals surface area contributed by atoms with Crippen molar-refractivity contribution in [2.45, 2.75) is 96.6 Å². The number of carbonyl (C=O) groups is 3. The summed E-state index contributed by atoms with van der Waals surface area (Å²) < 4.78 is 20.0. The lowest BCUT2D eigenvalue weighted by Crippen LogP contribution is -2.72. The highest BCUT2D eigenvalue weighted by Gasteiger charge is 2.81. The van der Waals surface area contributed by atoms with Gasteiger partial charge in [-0.2, -0.15) is 0 Å². The fourth-order valence-electron chi connectivity index (χ4n) is 7.61. The molecule has 5 atom stereocenters. The number of Topliss-reactive ketones (excluding diaryl/α,β-unsaturated/α-hetero) is 2. The van der Waals surface area contributed by atoms with E-state index in [1.165, 1.54) is 0 Å². The van der Waals surface area contributed by atoms with Crippen LogP contribution in [0.3, 0.4) is 0 Å². The number of benzene rings is 1. The summed E-state index contributed by atoms with van der Waals surface area (Å²) in [5, 5.41) is 22.4. The van der Waals surface area contributed by atoms with Crippen molar-refractivity contribution in [1.82, 2.24) is 0 Å².